The van der Waals surface area contributed by atoms with Crippen molar-refractivity contribution in [1.82, 2.24) is 14.9 Å². The van der Waals surface area contributed by atoms with Crippen LogP contribution in [0.2, 0.25) is 5.02 Å². The number of nitrogens with zero attached hydrogens (tertiary/aromatic N) is 3. The van der Waals surface area contributed by atoms with Crippen molar-refractivity contribution in [2.75, 3.05) is 13.7 Å². The molecular formula is C19H19ClN4O2S. The Bertz CT molecular complexity index is 999. The SMILES string of the molecule is CCOc1c(Cl)cc(/C=N\n2c(Cc3ccccc3)n[nH]c2=S)cc1OC. The highest BCUT2D eigenvalue weighted by molar-refractivity contribution is 7.71. The lowest BCUT2D eigenvalue weighted by Gasteiger charge is -2.11. The zero-order valence-electron chi connectivity index (χ0n) is 15.0. The lowest BCUT2D eigenvalue weighted by Crippen LogP contribution is -2.01. The molecule has 0 fully saturated rings. The van der Waals surface area contributed by atoms with Crippen LogP contribution in [0.25, 0.3) is 0 Å². The van der Waals surface area contributed by atoms with E-state index < -0.39 is 0 Å². The summed E-state index contributed by atoms with van der Waals surface area (Å²) < 4.78 is 12.9. The Kier molecular flexibility index (Phi) is 6.26. The predicted molar refractivity (Wildman–Crippen MR) is 109 cm³/mol. The van der Waals surface area contributed by atoms with Gasteiger partial charge in [-0.3, -0.25) is 5.10 Å². The van der Waals surface area contributed by atoms with Gasteiger partial charge in [0.15, 0.2) is 17.3 Å². The summed E-state index contributed by atoms with van der Waals surface area (Å²) in [4.78, 5) is 0. The molecular weight excluding hydrogens is 384 g/mol. The molecule has 0 aliphatic heterocycles. The zero-order valence-corrected chi connectivity index (χ0v) is 16.5. The second-order valence-electron chi connectivity index (χ2n) is 5.63. The van der Waals surface area contributed by atoms with E-state index in [1.54, 1.807) is 30.1 Å². The molecule has 0 aliphatic carbocycles. The third-order valence-electron chi connectivity index (χ3n) is 3.79. The molecule has 3 rings (SSSR count). The van der Waals surface area contributed by atoms with Gasteiger partial charge in [-0.2, -0.15) is 14.9 Å². The average Bonchev–Trinajstić information content (AvgIpc) is 3.02. The third kappa shape index (κ3) is 4.56. The topological polar surface area (TPSA) is 64.4 Å². The lowest BCUT2D eigenvalue weighted by molar-refractivity contribution is 0.311. The minimum absolute atomic E-state index is 0.418. The number of aromatic amines is 1. The van der Waals surface area contributed by atoms with Gasteiger partial charge in [0.2, 0.25) is 4.77 Å². The summed E-state index contributed by atoms with van der Waals surface area (Å²) in [6.45, 7) is 2.39. The number of halogens is 1. The van der Waals surface area contributed by atoms with Crippen molar-refractivity contribution in [3.05, 3.63) is 69.2 Å². The van der Waals surface area contributed by atoms with Gasteiger partial charge in [-0.15, -0.1) is 0 Å². The van der Waals surface area contributed by atoms with Gasteiger partial charge in [-0.25, -0.2) is 0 Å². The van der Waals surface area contributed by atoms with E-state index in [0.717, 1.165) is 11.1 Å². The second kappa shape index (κ2) is 8.83. The molecule has 1 N–H and O–H groups in total. The smallest absolute Gasteiger partial charge is 0.216 e. The fourth-order valence-corrected chi connectivity index (χ4v) is 3.03. The third-order valence-corrected chi connectivity index (χ3v) is 4.33. The molecule has 0 saturated carbocycles. The summed E-state index contributed by atoms with van der Waals surface area (Å²) in [5.74, 6) is 1.78. The van der Waals surface area contributed by atoms with Crippen LogP contribution in [-0.2, 0) is 6.42 Å². The highest BCUT2D eigenvalue weighted by atomic mass is 35.5. The van der Waals surface area contributed by atoms with Crippen molar-refractivity contribution in [3.8, 4) is 11.5 Å². The second-order valence-corrected chi connectivity index (χ2v) is 6.42. The van der Waals surface area contributed by atoms with E-state index in [0.29, 0.717) is 40.1 Å². The maximum Gasteiger partial charge on any atom is 0.216 e. The van der Waals surface area contributed by atoms with E-state index in [2.05, 4.69) is 15.3 Å². The number of hydrogen-bond acceptors (Lipinski definition) is 5. The Morgan fingerprint density at radius 3 is 2.78 bits per heavy atom. The number of hydrogen-bond donors (Lipinski definition) is 1. The molecule has 0 amide bonds. The van der Waals surface area contributed by atoms with Crippen LogP contribution in [0.15, 0.2) is 47.6 Å². The molecule has 6 nitrogen and oxygen atoms in total. The first-order valence-corrected chi connectivity index (χ1v) is 9.16. The standard InChI is InChI=1S/C19H19ClN4O2S/c1-3-26-18-15(20)9-14(10-16(18)25-2)12-21-24-17(22-23-19(24)27)11-13-7-5-4-6-8-13/h4-10,12H,3,11H2,1-2H3,(H,23,27)/b21-12-. The minimum Gasteiger partial charge on any atom is -0.493 e. The van der Waals surface area contributed by atoms with Gasteiger partial charge in [-0.1, -0.05) is 41.9 Å². The number of H-pyrrole nitrogens is 1. The van der Waals surface area contributed by atoms with E-state index in [4.69, 9.17) is 33.3 Å². The van der Waals surface area contributed by atoms with Gasteiger partial charge >= 0.3 is 0 Å². The minimum atomic E-state index is 0.418. The maximum atomic E-state index is 6.31. The van der Waals surface area contributed by atoms with Crippen LogP contribution in [0.5, 0.6) is 11.5 Å². The molecule has 1 heterocycles. The molecule has 8 heteroatoms. The molecule has 2 aromatic carbocycles. The number of nitrogens with one attached hydrogen (secondary N) is 1. The molecule has 0 radical (unpaired) electrons. The Balaban J connectivity index is 1.89. The Labute approximate surface area is 167 Å². The predicted octanol–water partition coefficient (Wildman–Crippen LogP) is 4.47. The fraction of sp³-hybridized carbons (Fsp3) is 0.211. The van der Waals surface area contributed by atoms with Crippen molar-refractivity contribution in [3.63, 3.8) is 0 Å². The first-order chi connectivity index (χ1) is 13.1. The van der Waals surface area contributed by atoms with Crippen LogP contribution in [0.1, 0.15) is 23.9 Å². The number of rotatable bonds is 7. The van der Waals surface area contributed by atoms with E-state index in [1.165, 1.54) is 0 Å². The maximum absolute atomic E-state index is 6.31. The summed E-state index contributed by atoms with van der Waals surface area (Å²) >= 11 is 11.6. The molecule has 0 bridgehead atoms. The molecule has 0 atom stereocenters. The zero-order chi connectivity index (χ0) is 19.2. The van der Waals surface area contributed by atoms with Gasteiger partial charge in [0.25, 0.3) is 0 Å². The first-order valence-electron chi connectivity index (χ1n) is 8.37. The molecule has 0 spiro atoms. The number of methoxy groups -OCH3 is 1. The highest BCUT2D eigenvalue weighted by Gasteiger charge is 2.11. The summed E-state index contributed by atoms with van der Waals surface area (Å²) in [5.41, 5.74) is 1.88. The van der Waals surface area contributed by atoms with Gasteiger partial charge < -0.3 is 9.47 Å². The molecule has 3 aromatic rings. The van der Waals surface area contributed by atoms with Crippen molar-refractivity contribution in [2.24, 2.45) is 5.10 Å². The summed E-state index contributed by atoms with van der Waals surface area (Å²) in [7, 11) is 1.57. The lowest BCUT2D eigenvalue weighted by atomic mass is 10.1. The van der Waals surface area contributed by atoms with Crippen LogP contribution >= 0.6 is 23.8 Å². The molecule has 27 heavy (non-hydrogen) atoms. The monoisotopic (exact) mass is 402 g/mol. The largest absolute Gasteiger partial charge is 0.493 e. The van der Waals surface area contributed by atoms with Crippen LogP contribution < -0.4 is 9.47 Å². The molecule has 140 valence electrons. The summed E-state index contributed by atoms with van der Waals surface area (Å²) in [6.07, 6.45) is 2.27. The Morgan fingerprint density at radius 1 is 1.30 bits per heavy atom. The number of aromatic nitrogens is 3. The van der Waals surface area contributed by atoms with Gasteiger partial charge in [-0.05, 0) is 42.4 Å². The molecule has 0 saturated heterocycles. The molecule has 0 aliphatic rings. The fourth-order valence-electron chi connectivity index (χ4n) is 2.56. The van der Waals surface area contributed by atoms with Crippen LogP contribution in [-0.4, -0.2) is 34.8 Å². The van der Waals surface area contributed by atoms with Crippen molar-refractivity contribution >= 4 is 30.0 Å². The van der Waals surface area contributed by atoms with E-state index in [9.17, 15) is 0 Å². The molecule has 1 aromatic heterocycles. The van der Waals surface area contributed by atoms with Crippen molar-refractivity contribution in [1.29, 1.82) is 0 Å². The summed E-state index contributed by atoms with van der Waals surface area (Å²) in [6, 6.07) is 13.6. The Hall–Kier alpha value is -2.64. The van der Waals surface area contributed by atoms with E-state index in [-0.39, 0.29) is 0 Å². The quantitative estimate of drug-likeness (QED) is 0.467. The Morgan fingerprint density at radius 2 is 2.07 bits per heavy atom. The number of benzene rings is 2. The average molecular weight is 403 g/mol. The first kappa shape index (κ1) is 19.1. The van der Waals surface area contributed by atoms with Gasteiger partial charge in [0, 0.05) is 6.42 Å². The summed E-state index contributed by atoms with van der Waals surface area (Å²) in [5, 5.41) is 12.0. The molecule has 0 unspecified atom stereocenters. The highest BCUT2D eigenvalue weighted by Crippen LogP contribution is 2.36. The van der Waals surface area contributed by atoms with E-state index in [1.807, 2.05) is 37.3 Å². The van der Waals surface area contributed by atoms with Gasteiger partial charge in [0.1, 0.15) is 0 Å². The number of ether oxygens (including phenoxy) is 2. The van der Waals surface area contributed by atoms with Crippen molar-refractivity contribution in [2.45, 2.75) is 13.3 Å². The van der Waals surface area contributed by atoms with Crippen LogP contribution in [0.4, 0.5) is 0 Å². The normalized spacial score (nSPS) is 11.1. The van der Waals surface area contributed by atoms with E-state index >= 15 is 0 Å². The van der Waals surface area contributed by atoms with Crippen molar-refractivity contribution < 1.29 is 9.47 Å². The van der Waals surface area contributed by atoms with Crippen LogP contribution in [0.3, 0.4) is 0 Å². The van der Waals surface area contributed by atoms with Crippen LogP contribution in [0, 0.1) is 4.77 Å². The van der Waals surface area contributed by atoms with Gasteiger partial charge in [0.05, 0.1) is 25.0 Å².